The molecule has 3 N–H and O–H groups in total. The summed E-state index contributed by atoms with van der Waals surface area (Å²) in [6.45, 7) is 5.99. The highest BCUT2D eigenvalue weighted by molar-refractivity contribution is 7.99. The van der Waals surface area contributed by atoms with Gasteiger partial charge >= 0.3 is 0 Å². The summed E-state index contributed by atoms with van der Waals surface area (Å²) in [6.07, 6.45) is 0. The number of benzene rings is 1. The van der Waals surface area contributed by atoms with Crippen molar-refractivity contribution in [1.82, 2.24) is 0 Å². The molecule has 3 heteroatoms. The Balaban J connectivity index is 2.42. The molecule has 0 aliphatic heterocycles. The molecule has 0 radical (unpaired) electrons. The molecular weight excluding hydrogens is 204 g/mol. The van der Waals surface area contributed by atoms with Crippen LogP contribution in [0, 0.1) is 5.92 Å². The predicted octanol–water partition coefficient (Wildman–Crippen LogP) is 2.81. The van der Waals surface area contributed by atoms with E-state index in [9.17, 15) is 0 Å². The van der Waals surface area contributed by atoms with Crippen LogP contribution in [0.3, 0.4) is 0 Å². The average Bonchev–Trinajstić information content (AvgIpc) is 2.28. The van der Waals surface area contributed by atoms with E-state index >= 15 is 0 Å². The second-order valence-corrected chi connectivity index (χ2v) is 5.02. The van der Waals surface area contributed by atoms with Crippen LogP contribution in [0.25, 0.3) is 0 Å². The summed E-state index contributed by atoms with van der Waals surface area (Å²) in [6, 6.07) is 8.57. The van der Waals surface area contributed by atoms with E-state index in [4.69, 9.17) is 5.73 Å². The zero-order chi connectivity index (χ0) is 11.1. The zero-order valence-corrected chi connectivity index (χ0v) is 10.3. The molecule has 0 aliphatic carbocycles. The van der Waals surface area contributed by atoms with Crippen molar-refractivity contribution < 1.29 is 0 Å². The lowest BCUT2D eigenvalue weighted by molar-refractivity contribution is 0.628. The van der Waals surface area contributed by atoms with Crippen LogP contribution in [0.2, 0.25) is 0 Å². The standard InChI is InChI=1S/C12H20N2S/c1-3-15-12-6-4-11(5-7-12)14-9-10(2)8-13/h4-7,10,14H,3,8-9,13H2,1-2H3. The van der Waals surface area contributed by atoms with Gasteiger partial charge in [-0.2, -0.15) is 0 Å². The first kappa shape index (κ1) is 12.4. The number of thioether (sulfide) groups is 1. The average molecular weight is 224 g/mol. The van der Waals surface area contributed by atoms with Crippen LogP contribution in [-0.4, -0.2) is 18.8 Å². The van der Waals surface area contributed by atoms with Crippen molar-refractivity contribution in [1.29, 1.82) is 0 Å². The number of hydrogen-bond donors (Lipinski definition) is 2. The largest absolute Gasteiger partial charge is 0.385 e. The van der Waals surface area contributed by atoms with Crippen molar-refractivity contribution >= 4 is 17.4 Å². The fraction of sp³-hybridized carbons (Fsp3) is 0.500. The van der Waals surface area contributed by atoms with Crippen molar-refractivity contribution in [3.63, 3.8) is 0 Å². The smallest absolute Gasteiger partial charge is 0.0341 e. The number of hydrogen-bond acceptors (Lipinski definition) is 3. The molecule has 15 heavy (non-hydrogen) atoms. The Kier molecular flexibility index (Phi) is 5.58. The van der Waals surface area contributed by atoms with E-state index in [0.717, 1.165) is 18.8 Å². The monoisotopic (exact) mass is 224 g/mol. The molecule has 84 valence electrons. The van der Waals surface area contributed by atoms with Crippen LogP contribution in [0.4, 0.5) is 5.69 Å². The highest BCUT2D eigenvalue weighted by Gasteiger charge is 1.98. The van der Waals surface area contributed by atoms with Crippen molar-refractivity contribution in [3.05, 3.63) is 24.3 Å². The minimum absolute atomic E-state index is 0.523. The van der Waals surface area contributed by atoms with E-state index in [2.05, 4.69) is 43.4 Å². The lowest BCUT2D eigenvalue weighted by atomic mass is 10.2. The Morgan fingerprint density at radius 3 is 2.53 bits per heavy atom. The highest BCUT2D eigenvalue weighted by atomic mass is 32.2. The van der Waals surface area contributed by atoms with Gasteiger partial charge in [-0.3, -0.25) is 0 Å². The molecular formula is C12H20N2S. The molecule has 0 aromatic heterocycles. The first-order valence-corrected chi connectivity index (χ1v) is 6.41. The van der Waals surface area contributed by atoms with Gasteiger partial charge in [-0.1, -0.05) is 13.8 Å². The second-order valence-electron chi connectivity index (χ2n) is 3.68. The Bertz CT molecular complexity index is 271. The maximum atomic E-state index is 5.56. The van der Waals surface area contributed by atoms with Gasteiger partial charge in [0.05, 0.1) is 0 Å². The highest BCUT2D eigenvalue weighted by Crippen LogP contribution is 2.19. The summed E-state index contributed by atoms with van der Waals surface area (Å²) in [5.74, 6) is 1.64. The fourth-order valence-corrected chi connectivity index (χ4v) is 1.87. The molecule has 1 rings (SSSR count). The lowest BCUT2D eigenvalue weighted by Gasteiger charge is -2.11. The molecule has 0 aliphatic rings. The van der Waals surface area contributed by atoms with Gasteiger partial charge in [-0.05, 0) is 42.5 Å². The van der Waals surface area contributed by atoms with E-state index in [1.54, 1.807) is 0 Å². The first-order chi connectivity index (χ1) is 7.26. The first-order valence-electron chi connectivity index (χ1n) is 5.43. The summed E-state index contributed by atoms with van der Waals surface area (Å²) in [4.78, 5) is 1.33. The van der Waals surface area contributed by atoms with Gasteiger partial charge in [0, 0.05) is 17.1 Å². The van der Waals surface area contributed by atoms with E-state index in [0.29, 0.717) is 5.92 Å². The van der Waals surface area contributed by atoms with Crippen LogP contribution in [0.1, 0.15) is 13.8 Å². The number of rotatable bonds is 6. The van der Waals surface area contributed by atoms with Gasteiger partial charge in [-0.25, -0.2) is 0 Å². The third kappa shape index (κ3) is 4.58. The Labute approximate surface area is 96.6 Å². The van der Waals surface area contributed by atoms with Crippen LogP contribution in [0.15, 0.2) is 29.2 Å². The van der Waals surface area contributed by atoms with Gasteiger partial charge in [0.15, 0.2) is 0 Å². The number of anilines is 1. The van der Waals surface area contributed by atoms with Gasteiger partial charge in [0.2, 0.25) is 0 Å². The molecule has 0 bridgehead atoms. The summed E-state index contributed by atoms with van der Waals surface area (Å²) >= 11 is 1.87. The number of nitrogens with one attached hydrogen (secondary N) is 1. The molecule has 0 saturated heterocycles. The van der Waals surface area contributed by atoms with E-state index in [1.165, 1.54) is 10.6 Å². The minimum atomic E-state index is 0.523. The molecule has 0 saturated carbocycles. The van der Waals surface area contributed by atoms with Gasteiger partial charge in [0.25, 0.3) is 0 Å². The van der Waals surface area contributed by atoms with Gasteiger partial charge in [0.1, 0.15) is 0 Å². The molecule has 0 heterocycles. The third-order valence-corrected chi connectivity index (χ3v) is 3.12. The second kappa shape index (κ2) is 6.75. The van der Waals surface area contributed by atoms with Crippen molar-refractivity contribution in [2.24, 2.45) is 11.7 Å². The lowest BCUT2D eigenvalue weighted by Crippen LogP contribution is -2.19. The Morgan fingerprint density at radius 2 is 2.00 bits per heavy atom. The molecule has 1 aromatic carbocycles. The van der Waals surface area contributed by atoms with Crippen molar-refractivity contribution in [2.75, 3.05) is 24.2 Å². The van der Waals surface area contributed by atoms with E-state index in [-0.39, 0.29) is 0 Å². The molecule has 2 nitrogen and oxygen atoms in total. The van der Waals surface area contributed by atoms with Crippen LogP contribution in [-0.2, 0) is 0 Å². The molecule has 0 fully saturated rings. The molecule has 0 amide bonds. The summed E-state index contributed by atoms with van der Waals surface area (Å²) in [5.41, 5.74) is 6.73. The van der Waals surface area contributed by atoms with Gasteiger partial charge < -0.3 is 11.1 Å². The van der Waals surface area contributed by atoms with Crippen LogP contribution < -0.4 is 11.1 Å². The number of nitrogens with two attached hydrogens (primary N) is 1. The zero-order valence-electron chi connectivity index (χ0n) is 9.49. The Morgan fingerprint density at radius 1 is 1.33 bits per heavy atom. The SMILES string of the molecule is CCSc1ccc(NCC(C)CN)cc1. The molecule has 0 spiro atoms. The third-order valence-electron chi connectivity index (χ3n) is 2.22. The normalized spacial score (nSPS) is 12.5. The van der Waals surface area contributed by atoms with E-state index < -0.39 is 0 Å². The quantitative estimate of drug-likeness (QED) is 0.730. The van der Waals surface area contributed by atoms with Crippen LogP contribution in [0.5, 0.6) is 0 Å². The Hall–Kier alpha value is -0.670. The summed E-state index contributed by atoms with van der Waals surface area (Å²) < 4.78 is 0. The van der Waals surface area contributed by atoms with Crippen molar-refractivity contribution in [3.8, 4) is 0 Å². The summed E-state index contributed by atoms with van der Waals surface area (Å²) in [5, 5.41) is 3.38. The van der Waals surface area contributed by atoms with Crippen LogP contribution >= 0.6 is 11.8 Å². The molecule has 1 atom stereocenters. The summed E-state index contributed by atoms with van der Waals surface area (Å²) in [7, 11) is 0. The maximum absolute atomic E-state index is 5.56. The fourth-order valence-electron chi connectivity index (χ4n) is 1.21. The topological polar surface area (TPSA) is 38.0 Å². The van der Waals surface area contributed by atoms with Gasteiger partial charge in [-0.15, -0.1) is 11.8 Å². The molecule has 1 unspecified atom stereocenters. The van der Waals surface area contributed by atoms with E-state index in [1.807, 2.05) is 11.8 Å². The minimum Gasteiger partial charge on any atom is -0.385 e. The molecule has 1 aromatic rings. The predicted molar refractivity (Wildman–Crippen MR) is 69.5 cm³/mol. The maximum Gasteiger partial charge on any atom is 0.0341 e. The van der Waals surface area contributed by atoms with Crippen molar-refractivity contribution in [2.45, 2.75) is 18.7 Å².